The number of Topliss-reactive ketones (excluding diaryl/α,β-unsaturated/α-hetero) is 1. The minimum absolute atomic E-state index is 0.0133. The van der Waals surface area contributed by atoms with Crippen molar-refractivity contribution in [2.75, 3.05) is 33.2 Å². The first-order chi connectivity index (χ1) is 19.2. The fraction of sp³-hybridized carbons (Fsp3) is 0.833. The van der Waals surface area contributed by atoms with Crippen LogP contribution in [0, 0.1) is 56.7 Å². The Morgan fingerprint density at radius 1 is 0.902 bits per heavy atom. The van der Waals surface area contributed by atoms with Crippen molar-refractivity contribution in [2.45, 2.75) is 99.3 Å². The van der Waals surface area contributed by atoms with Gasteiger partial charge in [0.05, 0.1) is 11.7 Å². The van der Waals surface area contributed by atoms with Gasteiger partial charge in [0.25, 0.3) is 0 Å². The van der Waals surface area contributed by atoms with E-state index in [0.717, 1.165) is 83.8 Å². The first-order valence-electron chi connectivity index (χ1n) is 16.7. The number of fused-ring (bicyclic) bond motifs is 7. The molecule has 1 heterocycles. The molecule has 1 aliphatic heterocycles. The lowest BCUT2D eigenvalue weighted by Crippen LogP contribution is -2.67. The molecule has 0 unspecified atom stereocenters. The summed E-state index contributed by atoms with van der Waals surface area (Å²) in [6.45, 7) is 22.3. The fourth-order valence-electron chi connectivity index (χ4n) is 12.8. The van der Waals surface area contributed by atoms with Gasteiger partial charge in [0.2, 0.25) is 5.91 Å². The molecule has 0 bridgehead atoms. The van der Waals surface area contributed by atoms with Gasteiger partial charge < -0.3 is 14.9 Å². The summed E-state index contributed by atoms with van der Waals surface area (Å²) in [5.74, 6) is 2.76. The molecule has 41 heavy (non-hydrogen) atoms. The van der Waals surface area contributed by atoms with Crippen LogP contribution in [0.3, 0.4) is 0 Å². The summed E-state index contributed by atoms with van der Waals surface area (Å²) in [5.41, 5.74) is 1.50. The normalized spacial score (nSPS) is 48.7. The number of carbonyl (C=O) groups excluding carboxylic acids is 2. The summed E-state index contributed by atoms with van der Waals surface area (Å²) >= 11 is 0. The van der Waals surface area contributed by atoms with Gasteiger partial charge in [-0.3, -0.25) is 9.59 Å². The monoisotopic (exact) mass is 564 g/mol. The molecule has 0 radical (unpaired) electrons. The summed E-state index contributed by atoms with van der Waals surface area (Å²) in [5, 5.41) is 10.2. The zero-order valence-electron chi connectivity index (χ0n) is 27.0. The minimum atomic E-state index is -0.451. The maximum Gasteiger partial charge on any atom is 0.229 e. The number of piperazine rings is 1. The molecule has 5 nitrogen and oxygen atoms in total. The van der Waals surface area contributed by atoms with Gasteiger partial charge in [0.15, 0.2) is 5.78 Å². The standard InChI is InChI=1S/C36H56N2O3/c1-23(2)25-11-14-36(31(41)38-19-17-37(8)18-20-38)16-15-34(6)26(29(25)36)9-10-28-33(5)21-24(22-39)30(40)32(3,4)27(33)12-13-35(28,34)7/h22,25-29,39H,1,9-21H2,2-8H3/b24-22-/t25-,26+,27-,28+,29+,33-,34+,35+,36-/m0/s1. The predicted molar refractivity (Wildman–Crippen MR) is 164 cm³/mol. The van der Waals surface area contributed by atoms with Crippen LogP contribution in [-0.4, -0.2) is 59.8 Å². The molecule has 6 aliphatic rings. The van der Waals surface area contributed by atoms with Crippen LogP contribution in [0.15, 0.2) is 24.0 Å². The molecule has 9 atom stereocenters. The number of amides is 1. The third-order valence-corrected chi connectivity index (χ3v) is 15.0. The van der Waals surface area contributed by atoms with E-state index in [9.17, 15) is 14.7 Å². The van der Waals surface area contributed by atoms with Crippen LogP contribution in [0.1, 0.15) is 99.3 Å². The van der Waals surface area contributed by atoms with Gasteiger partial charge in [-0.1, -0.05) is 46.8 Å². The number of hydrogen-bond donors (Lipinski definition) is 1. The quantitative estimate of drug-likeness (QED) is 0.222. The van der Waals surface area contributed by atoms with Crippen LogP contribution >= 0.6 is 0 Å². The van der Waals surface area contributed by atoms with Crippen molar-refractivity contribution in [3.63, 3.8) is 0 Å². The maximum absolute atomic E-state index is 14.6. The van der Waals surface area contributed by atoms with Gasteiger partial charge in [-0.05, 0) is 118 Å². The third-order valence-electron chi connectivity index (χ3n) is 15.0. The van der Waals surface area contributed by atoms with Crippen LogP contribution in [-0.2, 0) is 9.59 Å². The number of hydrogen-bond acceptors (Lipinski definition) is 4. The van der Waals surface area contributed by atoms with Gasteiger partial charge in [0, 0.05) is 37.2 Å². The van der Waals surface area contributed by atoms with Crippen molar-refractivity contribution in [3.8, 4) is 0 Å². The van der Waals surface area contributed by atoms with E-state index in [1.165, 1.54) is 5.57 Å². The molecule has 1 N–H and O–H groups in total. The minimum Gasteiger partial charge on any atom is -0.515 e. The second-order valence-corrected chi connectivity index (χ2v) is 16.8. The molecule has 228 valence electrons. The number of ketones is 1. The van der Waals surface area contributed by atoms with E-state index in [1.807, 2.05) is 0 Å². The number of aliphatic hydroxyl groups is 1. The smallest absolute Gasteiger partial charge is 0.229 e. The van der Waals surface area contributed by atoms with Gasteiger partial charge in [-0.25, -0.2) is 0 Å². The first-order valence-corrected chi connectivity index (χ1v) is 16.7. The number of likely N-dealkylation sites (N-methyl/N-ethyl adjacent to an activating group) is 1. The van der Waals surface area contributed by atoms with E-state index in [1.54, 1.807) is 0 Å². The van der Waals surface area contributed by atoms with Gasteiger partial charge in [-0.15, -0.1) is 0 Å². The average molecular weight is 565 g/mol. The Balaban J connectivity index is 1.39. The first kappa shape index (κ1) is 29.5. The van der Waals surface area contributed by atoms with Crippen molar-refractivity contribution in [2.24, 2.45) is 56.7 Å². The zero-order valence-corrected chi connectivity index (χ0v) is 27.0. The lowest BCUT2D eigenvalue weighted by molar-refractivity contribution is -0.231. The Labute approximate surface area is 249 Å². The van der Waals surface area contributed by atoms with E-state index < -0.39 is 5.41 Å². The molecule has 1 amide bonds. The van der Waals surface area contributed by atoms with Crippen molar-refractivity contribution >= 4 is 11.7 Å². The highest BCUT2D eigenvalue weighted by Gasteiger charge is 2.72. The van der Waals surface area contributed by atoms with Gasteiger partial charge in [-0.2, -0.15) is 0 Å². The molecule has 5 saturated carbocycles. The second-order valence-electron chi connectivity index (χ2n) is 16.8. The molecule has 6 rings (SSSR count). The zero-order chi connectivity index (χ0) is 29.8. The molecule has 1 saturated heterocycles. The summed E-state index contributed by atoms with van der Waals surface area (Å²) in [4.78, 5) is 32.6. The largest absolute Gasteiger partial charge is 0.515 e. The van der Waals surface area contributed by atoms with E-state index in [2.05, 4.69) is 65.0 Å². The third kappa shape index (κ3) is 3.75. The number of nitrogens with zero attached hydrogens (tertiary/aromatic N) is 2. The SMILES string of the molecule is C=C(C)[C@@H]1CC[C@]2(C(=O)N3CCN(C)CC3)CC[C@]3(C)[C@H](CC[C@@H]4[C@@]5(C)C/C(=C/O)C(=O)C(C)(C)[C@@H]5CC[C@]43C)[C@@H]12. The Morgan fingerprint density at radius 2 is 1.59 bits per heavy atom. The Morgan fingerprint density at radius 3 is 2.22 bits per heavy atom. The van der Waals surface area contributed by atoms with Crippen molar-refractivity contribution < 1.29 is 14.7 Å². The van der Waals surface area contributed by atoms with E-state index >= 15 is 0 Å². The highest BCUT2D eigenvalue weighted by atomic mass is 16.2. The molecular weight excluding hydrogens is 508 g/mol. The van der Waals surface area contributed by atoms with E-state index in [0.29, 0.717) is 47.5 Å². The summed E-state index contributed by atoms with van der Waals surface area (Å²) in [6.07, 6.45) is 10.6. The number of rotatable bonds is 2. The molecule has 0 aromatic carbocycles. The molecule has 0 aromatic rings. The molecule has 0 spiro atoms. The maximum atomic E-state index is 14.6. The highest BCUT2D eigenvalue weighted by molar-refractivity contribution is 6.00. The molecule has 5 heteroatoms. The highest BCUT2D eigenvalue weighted by Crippen LogP contribution is 2.77. The molecule has 6 fully saturated rings. The fourth-order valence-corrected chi connectivity index (χ4v) is 12.8. The van der Waals surface area contributed by atoms with Crippen LogP contribution in [0.4, 0.5) is 0 Å². The Hall–Kier alpha value is -1.62. The Kier molecular flexibility index (Phi) is 6.78. The Bertz CT molecular complexity index is 1170. The topological polar surface area (TPSA) is 60.9 Å². The molecular formula is C36H56N2O3. The lowest BCUT2D eigenvalue weighted by Gasteiger charge is -2.72. The van der Waals surface area contributed by atoms with Crippen LogP contribution < -0.4 is 0 Å². The molecule has 5 aliphatic carbocycles. The van der Waals surface area contributed by atoms with Crippen molar-refractivity contribution in [3.05, 3.63) is 24.0 Å². The molecule has 0 aromatic heterocycles. The van der Waals surface area contributed by atoms with Gasteiger partial charge >= 0.3 is 0 Å². The predicted octanol–water partition coefficient (Wildman–Crippen LogP) is 7.04. The number of allylic oxidation sites excluding steroid dienone is 2. The lowest BCUT2D eigenvalue weighted by atomic mass is 9.32. The summed E-state index contributed by atoms with van der Waals surface area (Å²) < 4.78 is 0. The summed E-state index contributed by atoms with van der Waals surface area (Å²) in [6, 6.07) is 0. The number of carbonyl (C=O) groups is 2. The van der Waals surface area contributed by atoms with E-state index in [-0.39, 0.29) is 27.4 Å². The number of aliphatic hydroxyl groups excluding tert-OH is 1. The average Bonchev–Trinajstić information content (AvgIpc) is 3.32. The van der Waals surface area contributed by atoms with Crippen LogP contribution in [0.2, 0.25) is 0 Å². The van der Waals surface area contributed by atoms with Crippen molar-refractivity contribution in [1.82, 2.24) is 9.80 Å². The van der Waals surface area contributed by atoms with Gasteiger partial charge in [0.1, 0.15) is 0 Å². The van der Waals surface area contributed by atoms with Crippen LogP contribution in [0.25, 0.3) is 0 Å². The van der Waals surface area contributed by atoms with E-state index in [4.69, 9.17) is 0 Å². The summed E-state index contributed by atoms with van der Waals surface area (Å²) in [7, 11) is 2.17. The van der Waals surface area contributed by atoms with Crippen LogP contribution in [0.5, 0.6) is 0 Å². The second kappa shape index (κ2) is 9.44. The van der Waals surface area contributed by atoms with Crippen molar-refractivity contribution in [1.29, 1.82) is 0 Å².